The molecule has 1 rings (SSSR count). The highest BCUT2D eigenvalue weighted by atomic mass is 127. The zero-order valence-corrected chi connectivity index (χ0v) is 20.0. The largest absolute Gasteiger partial charge is 0.355 e. The molecule has 7 heteroatoms. The SMILES string of the molecule is CCS(=O)C1CCCC(NC(=NC)NCCN(C(C)C)C(C)C)C1.I. The molecule has 0 spiro atoms. The van der Waals surface area contributed by atoms with Crippen molar-refractivity contribution >= 4 is 40.7 Å². The number of nitrogens with one attached hydrogen (secondary N) is 2. The number of hydrogen-bond donors (Lipinski definition) is 2. The topological polar surface area (TPSA) is 56.7 Å². The molecule has 3 unspecified atom stereocenters. The molecule has 0 aliphatic heterocycles. The lowest BCUT2D eigenvalue weighted by Crippen LogP contribution is -2.49. The lowest BCUT2D eigenvalue weighted by atomic mass is 9.95. The molecule has 25 heavy (non-hydrogen) atoms. The van der Waals surface area contributed by atoms with Crippen molar-refractivity contribution in [3.63, 3.8) is 0 Å². The molecule has 150 valence electrons. The summed E-state index contributed by atoms with van der Waals surface area (Å²) in [6, 6.07) is 1.48. The van der Waals surface area contributed by atoms with E-state index in [1.165, 1.54) is 0 Å². The van der Waals surface area contributed by atoms with E-state index >= 15 is 0 Å². The molecule has 0 aromatic carbocycles. The van der Waals surface area contributed by atoms with Crippen molar-refractivity contribution in [2.75, 3.05) is 25.9 Å². The van der Waals surface area contributed by atoms with Crippen molar-refractivity contribution in [2.45, 2.75) is 83.7 Å². The van der Waals surface area contributed by atoms with E-state index in [9.17, 15) is 4.21 Å². The minimum Gasteiger partial charge on any atom is -0.355 e. The first-order chi connectivity index (χ1) is 11.4. The maximum absolute atomic E-state index is 12.1. The molecule has 0 amide bonds. The maximum Gasteiger partial charge on any atom is 0.191 e. The maximum atomic E-state index is 12.1. The third-order valence-electron chi connectivity index (χ3n) is 4.84. The van der Waals surface area contributed by atoms with Gasteiger partial charge in [-0.1, -0.05) is 13.3 Å². The van der Waals surface area contributed by atoms with Crippen LogP contribution < -0.4 is 10.6 Å². The number of rotatable bonds is 8. The van der Waals surface area contributed by atoms with E-state index in [0.717, 1.165) is 50.5 Å². The summed E-state index contributed by atoms with van der Waals surface area (Å²) in [5.74, 6) is 1.64. The molecule has 1 aliphatic rings. The molecule has 1 aliphatic carbocycles. The van der Waals surface area contributed by atoms with Gasteiger partial charge in [-0.2, -0.15) is 0 Å². The molecule has 0 bridgehead atoms. The fourth-order valence-electron chi connectivity index (χ4n) is 3.55. The monoisotopic (exact) mass is 486 g/mol. The Bertz CT molecular complexity index is 410. The average molecular weight is 487 g/mol. The Balaban J connectivity index is 0.00000576. The van der Waals surface area contributed by atoms with Crippen LogP contribution in [0.25, 0.3) is 0 Å². The van der Waals surface area contributed by atoms with Gasteiger partial charge in [0.25, 0.3) is 0 Å². The first-order valence-corrected chi connectivity index (χ1v) is 10.9. The van der Waals surface area contributed by atoms with E-state index in [2.05, 4.69) is 48.2 Å². The minimum atomic E-state index is -0.680. The Kier molecular flexibility index (Phi) is 13.4. The molecule has 2 N–H and O–H groups in total. The second-order valence-corrected chi connectivity index (χ2v) is 9.23. The highest BCUT2D eigenvalue weighted by molar-refractivity contribution is 14.0. The Morgan fingerprint density at radius 1 is 1.24 bits per heavy atom. The van der Waals surface area contributed by atoms with Crippen LogP contribution in [-0.4, -0.2) is 64.3 Å². The number of guanidine groups is 1. The van der Waals surface area contributed by atoms with Crippen LogP contribution in [0.4, 0.5) is 0 Å². The summed E-state index contributed by atoms with van der Waals surface area (Å²) in [5, 5.41) is 7.31. The van der Waals surface area contributed by atoms with Crippen LogP contribution in [0.15, 0.2) is 4.99 Å². The van der Waals surface area contributed by atoms with E-state index in [1.807, 2.05) is 14.0 Å². The van der Waals surface area contributed by atoms with Gasteiger partial charge in [0.15, 0.2) is 5.96 Å². The molecule has 5 nitrogen and oxygen atoms in total. The van der Waals surface area contributed by atoms with Gasteiger partial charge in [0, 0.05) is 60.1 Å². The Hall–Kier alpha value is 0.110. The van der Waals surface area contributed by atoms with Gasteiger partial charge in [-0.25, -0.2) is 0 Å². The van der Waals surface area contributed by atoms with E-state index < -0.39 is 10.8 Å². The van der Waals surface area contributed by atoms with Crippen LogP contribution in [0.2, 0.25) is 0 Å². The minimum absolute atomic E-state index is 0. The van der Waals surface area contributed by atoms with Gasteiger partial charge in [-0.3, -0.25) is 14.1 Å². The van der Waals surface area contributed by atoms with Crippen molar-refractivity contribution in [3.05, 3.63) is 0 Å². The predicted molar refractivity (Wildman–Crippen MR) is 122 cm³/mol. The van der Waals surface area contributed by atoms with Crippen molar-refractivity contribution in [3.8, 4) is 0 Å². The van der Waals surface area contributed by atoms with E-state index in [4.69, 9.17) is 0 Å². The molecule has 1 saturated carbocycles. The van der Waals surface area contributed by atoms with Gasteiger partial charge in [-0.05, 0) is 47.0 Å². The van der Waals surface area contributed by atoms with Crippen molar-refractivity contribution in [1.82, 2.24) is 15.5 Å². The molecule has 0 saturated heterocycles. The molecule has 1 fully saturated rings. The summed E-state index contributed by atoms with van der Waals surface area (Å²) >= 11 is 0. The zero-order chi connectivity index (χ0) is 18.1. The van der Waals surface area contributed by atoms with Gasteiger partial charge in [0.2, 0.25) is 0 Å². The number of halogens is 1. The Labute approximate surface area is 174 Å². The summed E-state index contributed by atoms with van der Waals surface area (Å²) in [6.07, 6.45) is 4.38. The fraction of sp³-hybridized carbons (Fsp3) is 0.944. The van der Waals surface area contributed by atoms with E-state index in [0.29, 0.717) is 23.4 Å². The third-order valence-corrected chi connectivity index (χ3v) is 6.58. The quantitative estimate of drug-likeness (QED) is 0.315. The average Bonchev–Trinajstić information content (AvgIpc) is 2.56. The van der Waals surface area contributed by atoms with Crippen molar-refractivity contribution in [2.24, 2.45) is 4.99 Å². The van der Waals surface area contributed by atoms with Crippen LogP contribution >= 0.6 is 24.0 Å². The Morgan fingerprint density at radius 3 is 2.40 bits per heavy atom. The second kappa shape index (κ2) is 13.3. The molecule has 0 aromatic heterocycles. The number of aliphatic imine (C=N–C) groups is 1. The number of nitrogens with zero attached hydrogens (tertiary/aromatic N) is 2. The molecular weight excluding hydrogens is 447 g/mol. The summed E-state index contributed by atoms with van der Waals surface area (Å²) in [6.45, 7) is 12.9. The summed E-state index contributed by atoms with van der Waals surface area (Å²) in [7, 11) is 1.14. The van der Waals surface area contributed by atoms with Gasteiger partial charge in [0.1, 0.15) is 0 Å². The highest BCUT2D eigenvalue weighted by Crippen LogP contribution is 2.22. The smallest absolute Gasteiger partial charge is 0.191 e. The molecule has 0 aromatic rings. The molecule has 0 heterocycles. The summed E-state index contributed by atoms with van der Waals surface area (Å²) in [4.78, 5) is 6.83. The third kappa shape index (κ3) is 9.04. The Morgan fingerprint density at radius 2 is 1.88 bits per heavy atom. The lowest BCUT2D eigenvalue weighted by Gasteiger charge is -2.32. The van der Waals surface area contributed by atoms with Gasteiger partial charge in [0.05, 0.1) is 0 Å². The lowest BCUT2D eigenvalue weighted by molar-refractivity contribution is 0.178. The van der Waals surface area contributed by atoms with Crippen LogP contribution in [0.3, 0.4) is 0 Å². The molecule has 3 atom stereocenters. The summed E-state index contributed by atoms with van der Waals surface area (Å²) in [5.41, 5.74) is 0. The van der Waals surface area contributed by atoms with Crippen molar-refractivity contribution in [1.29, 1.82) is 0 Å². The first kappa shape index (κ1) is 25.1. The predicted octanol–water partition coefficient (Wildman–Crippen LogP) is 2.97. The fourth-order valence-corrected chi connectivity index (χ4v) is 4.90. The normalized spacial score (nSPS) is 22.8. The highest BCUT2D eigenvalue weighted by Gasteiger charge is 2.26. The number of hydrogen-bond acceptors (Lipinski definition) is 3. The standard InChI is InChI=1S/C18H38N4OS.HI/c1-7-24(23)17-10-8-9-16(13-17)21-18(19-6)20-11-12-22(14(2)3)15(4)5;/h14-17H,7-13H2,1-6H3,(H2,19,20,21);1H. The van der Waals surface area contributed by atoms with E-state index in [-0.39, 0.29) is 24.0 Å². The van der Waals surface area contributed by atoms with Crippen LogP contribution in [-0.2, 0) is 10.8 Å². The van der Waals surface area contributed by atoms with Gasteiger partial charge < -0.3 is 10.6 Å². The zero-order valence-electron chi connectivity index (χ0n) is 16.9. The molecular formula is C18H39IN4OS. The van der Waals surface area contributed by atoms with Crippen LogP contribution in [0.1, 0.15) is 60.3 Å². The van der Waals surface area contributed by atoms with E-state index in [1.54, 1.807) is 0 Å². The van der Waals surface area contributed by atoms with Gasteiger partial charge >= 0.3 is 0 Å². The second-order valence-electron chi connectivity index (χ2n) is 7.22. The molecule has 0 radical (unpaired) electrons. The first-order valence-electron chi connectivity index (χ1n) is 9.49. The summed E-state index contributed by atoms with van der Waals surface area (Å²) < 4.78 is 12.1. The van der Waals surface area contributed by atoms with Crippen molar-refractivity contribution < 1.29 is 4.21 Å². The van der Waals surface area contributed by atoms with Crippen LogP contribution in [0, 0.1) is 0 Å². The van der Waals surface area contributed by atoms with Crippen LogP contribution in [0.5, 0.6) is 0 Å². The van der Waals surface area contributed by atoms with Gasteiger partial charge in [-0.15, -0.1) is 24.0 Å².